The largest absolute Gasteiger partial charge is 0.349 e. The summed E-state index contributed by atoms with van der Waals surface area (Å²) in [4.78, 5) is 13.2. The number of halogens is 1. The maximum Gasteiger partial charge on any atom is 0.257 e. The lowest BCUT2D eigenvalue weighted by molar-refractivity contribution is 0.0922. The van der Waals surface area contributed by atoms with Gasteiger partial charge in [0.2, 0.25) is 0 Å². The highest BCUT2D eigenvalue weighted by atomic mass is 19.1. The fourth-order valence-electron chi connectivity index (χ4n) is 3.92. The number of benzene rings is 1. The maximum absolute atomic E-state index is 13.4. The summed E-state index contributed by atoms with van der Waals surface area (Å²) in [6.45, 7) is 4.10. The molecule has 0 spiro atoms. The van der Waals surface area contributed by atoms with Gasteiger partial charge in [0.15, 0.2) is 5.82 Å². The van der Waals surface area contributed by atoms with Crippen LogP contribution in [-0.2, 0) is 0 Å². The van der Waals surface area contributed by atoms with Crippen LogP contribution in [0.2, 0.25) is 0 Å². The van der Waals surface area contributed by atoms with Crippen molar-refractivity contribution in [1.82, 2.24) is 19.7 Å². The first-order valence-electron chi connectivity index (χ1n) is 9.82. The van der Waals surface area contributed by atoms with Crippen molar-refractivity contribution in [2.45, 2.75) is 45.6 Å². The topological polar surface area (TPSA) is 51.9 Å². The average molecular weight is 380 g/mol. The highest BCUT2D eigenvalue weighted by Gasteiger charge is 2.26. The van der Waals surface area contributed by atoms with Crippen molar-refractivity contribution < 1.29 is 9.18 Å². The molecule has 0 radical (unpaired) electrons. The second-order valence-electron chi connectivity index (χ2n) is 7.69. The monoisotopic (exact) mass is 380 g/mol. The van der Waals surface area contributed by atoms with E-state index >= 15 is 0 Å². The van der Waals surface area contributed by atoms with Crippen molar-refractivity contribution in [3.8, 4) is 11.5 Å². The van der Waals surface area contributed by atoms with E-state index in [2.05, 4.69) is 17.3 Å². The normalized spacial score (nSPS) is 19.5. The quantitative estimate of drug-likeness (QED) is 0.728. The summed E-state index contributed by atoms with van der Waals surface area (Å²) in [5.74, 6) is 0.982. The summed E-state index contributed by atoms with van der Waals surface area (Å²) in [6, 6.07) is 10.1. The van der Waals surface area contributed by atoms with E-state index in [1.54, 1.807) is 16.8 Å². The Morgan fingerprint density at radius 1 is 1.11 bits per heavy atom. The van der Waals surface area contributed by atoms with Gasteiger partial charge in [0, 0.05) is 18.4 Å². The van der Waals surface area contributed by atoms with Crippen LogP contribution in [0.5, 0.6) is 0 Å². The molecular formula is C22H25FN4O. The Hall–Kier alpha value is -2.89. The minimum Gasteiger partial charge on any atom is -0.349 e. The lowest BCUT2D eigenvalue weighted by atomic mass is 9.87. The Kier molecular flexibility index (Phi) is 5.03. The number of aryl methyl sites for hydroxylation is 1. The van der Waals surface area contributed by atoms with Gasteiger partial charge in [0.05, 0.1) is 11.4 Å². The predicted octanol–water partition coefficient (Wildman–Crippen LogP) is 4.42. The summed E-state index contributed by atoms with van der Waals surface area (Å²) >= 11 is 0. The van der Waals surface area contributed by atoms with E-state index in [4.69, 9.17) is 0 Å². The molecule has 3 aromatic rings. The standard InChI is InChI=1S/C22H25FN4O/c1-15-5-9-18(10-6-15)24-21(28)20-16(2)25-27(19-11-7-17(23)8-12-19)22(20)26-13-3-4-14-26/h3-4,7-8,11-15,18H,5-6,9-10H2,1-2H3,(H,24,28). The van der Waals surface area contributed by atoms with Gasteiger partial charge in [-0.1, -0.05) is 6.92 Å². The molecule has 1 N–H and O–H groups in total. The maximum atomic E-state index is 13.4. The summed E-state index contributed by atoms with van der Waals surface area (Å²) < 4.78 is 17.0. The summed E-state index contributed by atoms with van der Waals surface area (Å²) in [5.41, 5.74) is 1.91. The molecule has 4 rings (SSSR count). The lowest BCUT2D eigenvalue weighted by Crippen LogP contribution is -2.37. The highest BCUT2D eigenvalue weighted by Crippen LogP contribution is 2.26. The molecule has 1 fully saturated rings. The van der Waals surface area contributed by atoms with Crippen LogP contribution in [0, 0.1) is 18.7 Å². The molecule has 1 aliphatic rings. The van der Waals surface area contributed by atoms with E-state index in [1.165, 1.54) is 12.1 Å². The summed E-state index contributed by atoms with van der Waals surface area (Å²) in [7, 11) is 0. The van der Waals surface area contributed by atoms with E-state index in [0.717, 1.165) is 31.6 Å². The molecule has 1 aliphatic carbocycles. The smallest absolute Gasteiger partial charge is 0.257 e. The Balaban J connectivity index is 1.72. The molecule has 0 aliphatic heterocycles. The number of carbonyl (C=O) groups excluding carboxylic acids is 1. The highest BCUT2D eigenvalue weighted by molar-refractivity contribution is 5.98. The molecule has 6 heteroatoms. The van der Waals surface area contributed by atoms with E-state index in [1.807, 2.05) is 36.0 Å². The molecule has 1 saturated carbocycles. The van der Waals surface area contributed by atoms with Crippen molar-refractivity contribution >= 4 is 5.91 Å². The molecule has 0 unspecified atom stereocenters. The number of carbonyl (C=O) groups is 1. The minimum absolute atomic E-state index is 0.103. The van der Waals surface area contributed by atoms with E-state index in [9.17, 15) is 9.18 Å². The van der Waals surface area contributed by atoms with Crippen molar-refractivity contribution in [3.05, 3.63) is 65.9 Å². The third-order valence-electron chi connectivity index (χ3n) is 5.53. The van der Waals surface area contributed by atoms with Gasteiger partial charge in [-0.15, -0.1) is 0 Å². The first-order valence-corrected chi connectivity index (χ1v) is 9.82. The number of nitrogens with one attached hydrogen (secondary N) is 1. The Bertz CT molecular complexity index is 951. The summed E-state index contributed by atoms with van der Waals surface area (Å²) in [5, 5.41) is 7.81. The molecule has 146 valence electrons. The molecule has 1 aromatic carbocycles. The molecule has 0 bridgehead atoms. The third kappa shape index (κ3) is 3.59. The Labute approximate surface area is 164 Å². The zero-order valence-corrected chi connectivity index (χ0v) is 16.2. The number of nitrogens with zero attached hydrogens (tertiary/aromatic N) is 3. The van der Waals surface area contributed by atoms with Crippen LogP contribution < -0.4 is 5.32 Å². The van der Waals surface area contributed by atoms with Crippen LogP contribution in [0.3, 0.4) is 0 Å². The number of aromatic nitrogens is 3. The van der Waals surface area contributed by atoms with Crippen LogP contribution in [0.25, 0.3) is 11.5 Å². The van der Waals surface area contributed by atoms with Crippen molar-refractivity contribution in [1.29, 1.82) is 0 Å². The number of hydrogen-bond donors (Lipinski definition) is 1. The van der Waals surface area contributed by atoms with Gasteiger partial charge in [-0.05, 0) is 74.9 Å². The molecule has 0 saturated heterocycles. The average Bonchev–Trinajstić information content (AvgIpc) is 3.31. The van der Waals surface area contributed by atoms with Gasteiger partial charge < -0.3 is 9.88 Å². The molecule has 1 amide bonds. The van der Waals surface area contributed by atoms with E-state index in [-0.39, 0.29) is 17.8 Å². The molecule has 2 heterocycles. The lowest BCUT2D eigenvalue weighted by Gasteiger charge is -2.27. The van der Waals surface area contributed by atoms with Crippen molar-refractivity contribution in [2.75, 3.05) is 0 Å². The fraction of sp³-hybridized carbons (Fsp3) is 0.364. The van der Waals surface area contributed by atoms with Crippen molar-refractivity contribution in [2.24, 2.45) is 5.92 Å². The molecular weight excluding hydrogens is 355 g/mol. The fourth-order valence-corrected chi connectivity index (χ4v) is 3.92. The van der Waals surface area contributed by atoms with Crippen LogP contribution >= 0.6 is 0 Å². The number of hydrogen-bond acceptors (Lipinski definition) is 2. The first-order chi connectivity index (χ1) is 13.5. The van der Waals surface area contributed by atoms with Gasteiger partial charge in [0.1, 0.15) is 11.4 Å². The van der Waals surface area contributed by atoms with Crippen molar-refractivity contribution in [3.63, 3.8) is 0 Å². The Morgan fingerprint density at radius 3 is 2.39 bits per heavy atom. The minimum atomic E-state index is -0.306. The number of rotatable bonds is 4. The second-order valence-corrected chi connectivity index (χ2v) is 7.69. The predicted molar refractivity (Wildman–Crippen MR) is 106 cm³/mol. The van der Waals surface area contributed by atoms with E-state index in [0.29, 0.717) is 22.8 Å². The molecule has 2 aromatic heterocycles. The molecule has 5 nitrogen and oxygen atoms in total. The zero-order chi connectivity index (χ0) is 19.7. The van der Waals surface area contributed by atoms with Crippen LogP contribution in [0.4, 0.5) is 4.39 Å². The first kappa shape index (κ1) is 18.5. The van der Waals surface area contributed by atoms with Gasteiger partial charge >= 0.3 is 0 Å². The SMILES string of the molecule is Cc1nn(-c2ccc(F)cc2)c(-n2cccc2)c1C(=O)NC1CCC(C)CC1. The number of amides is 1. The van der Waals surface area contributed by atoms with Crippen LogP contribution in [-0.4, -0.2) is 26.3 Å². The van der Waals surface area contributed by atoms with Gasteiger partial charge in [-0.25, -0.2) is 9.07 Å². The third-order valence-corrected chi connectivity index (χ3v) is 5.53. The summed E-state index contributed by atoms with van der Waals surface area (Å²) in [6.07, 6.45) is 8.07. The van der Waals surface area contributed by atoms with E-state index < -0.39 is 0 Å². The zero-order valence-electron chi connectivity index (χ0n) is 16.2. The molecule has 0 atom stereocenters. The van der Waals surface area contributed by atoms with Gasteiger partial charge in [-0.3, -0.25) is 4.79 Å². The second kappa shape index (κ2) is 7.62. The Morgan fingerprint density at radius 2 is 1.75 bits per heavy atom. The van der Waals surface area contributed by atoms with Crippen LogP contribution in [0.15, 0.2) is 48.8 Å². The van der Waals surface area contributed by atoms with Gasteiger partial charge in [-0.2, -0.15) is 5.10 Å². The molecule has 28 heavy (non-hydrogen) atoms. The van der Waals surface area contributed by atoms with Crippen LogP contribution in [0.1, 0.15) is 48.7 Å². The van der Waals surface area contributed by atoms with Gasteiger partial charge in [0.25, 0.3) is 5.91 Å².